The third-order valence-corrected chi connectivity index (χ3v) is 4.01. The first kappa shape index (κ1) is 12.6. The molecule has 3 heteroatoms. The number of hydrogen-bond donors (Lipinski definition) is 1. The minimum absolute atomic E-state index is 0.573. The summed E-state index contributed by atoms with van der Waals surface area (Å²) in [4.78, 5) is 7.00. The van der Waals surface area contributed by atoms with Crippen LogP contribution >= 0.6 is 0 Å². The number of aromatic nitrogens is 1. The van der Waals surface area contributed by atoms with Crippen molar-refractivity contribution in [2.24, 2.45) is 0 Å². The maximum Gasteiger partial charge on any atom is 0.0705 e. The quantitative estimate of drug-likeness (QED) is 0.893. The molecule has 0 spiro atoms. The molecule has 1 saturated heterocycles. The number of nitrogens with one attached hydrogen (secondary N) is 1. The molecule has 1 fully saturated rings. The molecule has 2 atom stereocenters. The molecule has 2 unspecified atom stereocenters. The number of hydrogen-bond acceptors (Lipinski definition) is 3. The summed E-state index contributed by atoms with van der Waals surface area (Å²) >= 11 is 0. The van der Waals surface area contributed by atoms with Gasteiger partial charge in [0.05, 0.1) is 5.52 Å². The number of pyridine rings is 1. The minimum Gasteiger partial charge on any atom is -0.311 e. The number of para-hydroxylation sites is 1. The smallest absolute Gasteiger partial charge is 0.0705 e. The number of fused-ring (bicyclic) bond motifs is 1. The Morgan fingerprint density at radius 1 is 1.26 bits per heavy atom. The Hall–Kier alpha value is -1.45. The van der Waals surface area contributed by atoms with Crippen molar-refractivity contribution in [3.05, 3.63) is 42.1 Å². The summed E-state index contributed by atoms with van der Waals surface area (Å²) in [5.41, 5.74) is 2.47. The highest BCUT2D eigenvalue weighted by Crippen LogP contribution is 2.20. The molecule has 3 rings (SSSR count). The zero-order valence-electron chi connectivity index (χ0n) is 11.6. The first-order valence-corrected chi connectivity index (χ1v) is 7.04. The van der Waals surface area contributed by atoms with Crippen LogP contribution < -0.4 is 5.32 Å². The van der Waals surface area contributed by atoms with E-state index in [1.165, 1.54) is 10.9 Å². The van der Waals surface area contributed by atoms with Gasteiger partial charge in [0.2, 0.25) is 0 Å². The Morgan fingerprint density at radius 2 is 2.11 bits per heavy atom. The van der Waals surface area contributed by atoms with E-state index in [1.54, 1.807) is 0 Å². The molecule has 0 bridgehead atoms. The van der Waals surface area contributed by atoms with Crippen LogP contribution in [0.3, 0.4) is 0 Å². The van der Waals surface area contributed by atoms with E-state index in [4.69, 9.17) is 0 Å². The predicted molar refractivity (Wildman–Crippen MR) is 79.1 cm³/mol. The van der Waals surface area contributed by atoms with Gasteiger partial charge in [0.15, 0.2) is 0 Å². The van der Waals surface area contributed by atoms with E-state index < -0.39 is 0 Å². The highest BCUT2D eigenvalue weighted by Gasteiger charge is 2.22. The molecule has 19 heavy (non-hydrogen) atoms. The van der Waals surface area contributed by atoms with E-state index in [9.17, 15) is 0 Å². The van der Waals surface area contributed by atoms with Gasteiger partial charge >= 0.3 is 0 Å². The molecule has 1 aliphatic rings. The van der Waals surface area contributed by atoms with E-state index in [0.29, 0.717) is 12.1 Å². The molecule has 0 saturated carbocycles. The highest BCUT2D eigenvalue weighted by atomic mass is 15.2. The van der Waals surface area contributed by atoms with Gasteiger partial charge in [0.25, 0.3) is 0 Å². The molecule has 1 aromatic carbocycles. The van der Waals surface area contributed by atoms with E-state index >= 15 is 0 Å². The Balaban J connectivity index is 1.88. The Morgan fingerprint density at radius 3 is 3.00 bits per heavy atom. The Labute approximate surface area is 114 Å². The average molecular weight is 255 g/mol. The second-order valence-corrected chi connectivity index (χ2v) is 5.57. The monoisotopic (exact) mass is 255 g/mol. The molecule has 100 valence electrons. The van der Waals surface area contributed by atoms with Crippen LogP contribution in [0.2, 0.25) is 0 Å². The van der Waals surface area contributed by atoms with Gasteiger partial charge in [-0.3, -0.25) is 9.88 Å². The normalized spacial score (nSPS) is 24.7. The van der Waals surface area contributed by atoms with E-state index in [1.807, 2.05) is 6.20 Å². The molecule has 1 aliphatic heterocycles. The van der Waals surface area contributed by atoms with Crippen LogP contribution in [0, 0.1) is 0 Å². The van der Waals surface area contributed by atoms with E-state index in [2.05, 4.69) is 59.4 Å². The van der Waals surface area contributed by atoms with Gasteiger partial charge in [-0.05, 0) is 31.5 Å². The lowest BCUT2D eigenvalue weighted by Gasteiger charge is -2.37. The summed E-state index contributed by atoms with van der Waals surface area (Å²) in [7, 11) is 0. The summed E-state index contributed by atoms with van der Waals surface area (Å²) in [5, 5.41) is 4.81. The molecular formula is C16H21N3. The number of nitrogens with zero attached hydrogens (tertiary/aromatic N) is 2. The van der Waals surface area contributed by atoms with Crippen LogP contribution in [-0.2, 0) is 6.54 Å². The molecule has 0 aliphatic carbocycles. The van der Waals surface area contributed by atoms with Crippen LogP contribution in [0.1, 0.15) is 19.4 Å². The lowest BCUT2D eigenvalue weighted by molar-refractivity contribution is 0.139. The number of benzene rings is 1. The maximum atomic E-state index is 4.44. The molecule has 3 nitrogen and oxygen atoms in total. The first-order valence-electron chi connectivity index (χ1n) is 7.04. The van der Waals surface area contributed by atoms with Crippen molar-refractivity contribution in [1.29, 1.82) is 0 Å². The van der Waals surface area contributed by atoms with Crippen molar-refractivity contribution in [2.45, 2.75) is 32.5 Å². The molecule has 0 radical (unpaired) electrons. The molecular weight excluding hydrogens is 234 g/mol. The zero-order valence-corrected chi connectivity index (χ0v) is 11.6. The fourth-order valence-electron chi connectivity index (χ4n) is 2.83. The highest BCUT2D eigenvalue weighted by molar-refractivity contribution is 5.81. The van der Waals surface area contributed by atoms with Gasteiger partial charge in [-0.1, -0.05) is 18.2 Å². The number of piperazine rings is 1. The van der Waals surface area contributed by atoms with Crippen LogP contribution in [0.4, 0.5) is 0 Å². The Bertz CT molecular complexity index is 561. The summed E-state index contributed by atoms with van der Waals surface area (Å²) in [6.45, 7) is 7.74. The van der Waals surface area contributed by atoms with E-state index in [0.717, 1.165) is 25.2 Å². The summed E-state index contributed by atoms with van der Waals surface area (Å²) < 4.78 is 0. The summed E-state index contributed by atoms with van der Waals surface area (Å²) in [6, 6.07) is 11.7. The van der Waals surface area contributed by atoms with Gasteiger partial charge in [-0.15, -0.1) is 0 Å². The van der Waals surface area contributed by atoms with Gasteiger partial charge in [0, 0.05) is 43.3 Å². The molecule has 2 heterocycles. The van der Waals surface area contributed by atoms with Crippen LogP contribution in [0.5, 0.6) is 0 Å². The van der Waals surface area contributed by atoms with Crippen molar-refractivity contribution < 1.29 is 0 Å². The number of rotatable bonds is 2. The van der Waals surface area contributed by atoms with Crippen molar-refractivity contribution >= 4 is 10.9 Å². The van der Waals surface area contributed by atoms with Crippen molar-refractivity contribution in [1.82, 2.24) is 15.2 Å². The average Bonchev–Trinajstić information content (AvgIpc) is 2.43. The molecule has 0 amide bonds. The van der Waals surface area contributed by atoms with Crippen molar-refractivity contribution in [3.8, 4) is 0 Å². The first-order chi connectivity index (χ1) is 9.24. The van der Waals surface area contributed by atoms with Gasteiger partial charge in [-0.25, -0.2) is 0 Å². The van der Waals surface area contributed by atoms with Gasteiger partial charge in [-0.2, -0.15) is 0 Å². The summed E-state index contributed by atoms with van der Waals surface area (Å²) in [6.07, 6.45) is 1.92. The van der Waals surface area contributed by atoms with Crippen LogP contribution in [0.25, 0.3) is 10.9 Å². The predicted octanol–water partition coefficient (Wildman–Crippen LogP) is 2.42. The topological polar surface area (TPSA) is 28.2 Å². The minimum atomic E-state index is 0.573. The van der Waals surface area contributed by atoms with Crippen molar-refractivity contribution in [2.75, 3.05) is 13.1 Å². The van der Waals surface area contributed by atoms with Crippen LogP contribution in [-0.4, -0.2) is 35.1 Å². The molecule has 1 N–H and O–H groups in total. The molecule has 2 aromatic rings. The van der Waals surface area contributed by atoms with Crippen LogP contribution in [0.15, 0.2) is 36.5 Å². The maximum absolute atomic E-state index is 4.44. The van der Waals surface area contributed by atoms with Gasteiger partial charge in [0.1, 0.15) is 0 Å². The van der Waals surface area contributed by atoms with E-state index in [-0.39, 0.29) is 0 Å². The third kappa shape index (κ3) is 2.62. The molecule has 1 aromatic heterocycles. The largest absolute Gasteiger partial charge is 0.311 e. The lowest BCUT2D eigenvalue weighted by atomic mass is 10.1. The standard InChI is InChI=1S/C16H21N3/c1-12-10-19(13(2)9-18-12)11-14-7-8-17-16-6-4-3-5-15(14)16/h3-8,12-13,18H,9-11H2,1-2H3. The fraction of sp³-hybridized carbons (Fsp3) is 0.438. The second-order valence-electron chi connectivity index (χ2n) is 5.57. The Kier molecular flexibility index (Phi) is 3.49. The lowest BCUT2D eigenvalue weighted by Crippen LogP contribution is -2.53. The van der Waals surface area contributed by atoms with Crippen molar-refractivity contribution in [3.63, 3.8) is 0 Å². The fourth-order valence-corrected chi connectivity index (χ4v) is 2.83. The SMILES string of the molecule is CC1CN(Cc2ccnc3ccccc23)C(C)CN1. The third-order valence-electron chi connectivity index (χ3n) is 4.01. The summed E-state index contributed by atoms with van der Waals surface area (Å²) in [5.74, 6) is 0. The zero-order chi connectivity index (χ0) is 13.2. The van der Waals surface area contributed by atoms with Gasteiger partial charge < -0.3 is 5.32 Å². The second kappa shape index (κ2) is 5.27.